The van der Waals surface area contributed by atoms with Crippen molar-refractivity contribution in [2.45, 2.75) is 219 Å². The summed E-state index contributed by atoms with van der Waals surface area (Å²) >= 11 is 0. The SMILES string of the molecule is CCCCC/C=C\C/C=C\C/C=C\C/C=C\CCCCCCCCCC(=O)NC(COP(=O)(O)OCC(O)COC(=O)CCCCCCC/C=C\C/C=C\C/C=C\C/C=C\CCCCC)C(=O)O. The van der Waals surface area contributed by atoms with Gasteiger partial charge >= 0.3 is 19.8 Å². The Kier molecular flexibility index (Phi) is 47.2. The standard InChI is InChI=1S/C56H94NO10P/c1-3-5-7-9-11-13-15-17-19-21-23-25-26-28-29-31-33-35-37-39-41-43-45-47-54(59)57-53(56(61)62)51-67-68(63,64)66-50-52(58)49-65-55(60)48-46-44-42-40-38-36-34-32-30-27-24-22-20-18-16-14-12-10-8-6-4-2/h11-14,17-20,23-25,27-29,32,34,52-53,58H,3-10,15-16,21-22,26,30-31,33,35-51H2,1-2H3,(H,57,59)(H,61,62)(H,63,64)/b13-11-,14-12-,19-17-,20-18-,25-23-,27-24-,29-28-,34-32-. The third-order valence-electron chi connectivity index (χ3n) is 10.8. The number of aliphatic hydroxyl groups excluding tert-OH is 1. The Morgan fingerprint density at radius 3 is 1.21 bits per heavy atom. The van der Waals surface area contributed by atoms with E-state index in [0.717, 1.165) is 116 Å². The van der Waals surface area contributed by atoms with Gasteiger partial charge in [0.2, 0.25) is 5.91 Å². The molecule has 0 bridgehead atoms. The van der Waals surface area contributed by atoms with Gasteiger partial charge < -0.3 is 25.2 Å². The van der Waals surface area contributed by atoms with Gasteiger partial charge in [-0.1, -0.05) is 188 Å². The summed E-state index contributed by atoms with van der Waals surface area (Å²) in [6, 6.07) is -1.56. The molecule has 0 rings (SSSR count). The first-order chi connectivity index (χ1) is 33.1. The number of carboxylic acids is 1. The van der Waals surface area contributed by atoms with Crippen molar-refractivity contribution in [2.75, 3.05) is 19.8 Å². The van der Waals surface area contributed by atoms with Crippen molar-refractivity contribution in [3.05, 3.63) is 97.2 Å². The number of phosphoric ester groups is 1. The van der Waals surface area contributed by atoms with Gasteiger partial charge in [-0.25, -0.2) is 9.36 Å². The van der Waals surface area contributed by atoms with Crippen LogP contribution in [-0.2, 0) is 32.7 Å². The van der Waals surface area contributed by atoms with Crippen molar-refractivity contribution in [1.82, 2.24) is 5.32 Å². The highest BCUT2D eigenvalue weighted by molar-refractivity contribution is 7.47. The topological polar surface area (TPSA) is 169 Å². The lowest BCUT2D eigenvalue weighted by molar-refractivity contribution is -0.147. The van der Waals surface area contributed by atoms with Crippen LogP contribution in [0.5, 0.6) is 0 Å². The van der Waals surface area contributed by atoms with E-state index in [1.54, 1.807) is 0 Å². The molecule has 3 atom stereocenters. The first kappa shape index (κ1) is 64.4. The molecular formula is C56H94NO10P. The second-order valence-corrected chi connectivity index (χ2v) is 18.8. The maximum Gasteiger partial charge on any atom is 0.472 e. The van der Waals surface area contributed by atoms with Crippen molar-refractivity contribution in [3.8, 4) is 0 Å². The number of hydrogen-bond donors (Lipinski definition) is 4. The molecule has 0 aromatic heterocycles. The van der Waals surface area contributed by atoms with E-state index in [1.165, 1.54) is 51.4 Å². The number of carboxylic acid groups (broad SMARTS) is 1. The predicted octanol–water partition coefficient (Wildman–Crippen LogP) is 14.8. The highest BCUT2D eigenvalue weighted by atomic mass is 31.2. The zero-order chi connectivity index (χ0) is 49.9. The quantitative estimate of drug-likeness (QED) is 0.0199. The van der Waals surface area contributed by atoms with Gasteiger partial charge in [0.05, 0.1) is 13.2 Å². The molecule has 0 spiro atoms. The van der Waals surface area contributed by atoms with Gasteiger partial charge in [0.25, 0.3) is 0 Å². The van der Waals surface area contributed by atoms with E-state index in [4.69, 9.17) is 13.8 Å². The number of nitrogens with one attached hydrogen (secondary N) is 1. The fraction of sp³-hybridized carbons (Fsp3) is 0.661. The number of rotatable bonds is 48. The van der Waals surface area contributed by atoms with Crippen molar-refractivity contribution < 1.29 is 47.8 Å². The molecule has 0 radical (unpaired) electrons. The first-order valence-electron chi connectivity index (χ1n) is 26.3. The lowest BCUT2D eigenvalue weighted by Gasteiger charge is -2.18. The summed E-state index contributed by atoms with van der Waals surface area (Å²) in [4.78, 5) is 46.2. The number of hydrogen-bond acceptors (Lipinski definition) is 8. The van der Waals surface area contributed by atoms with Gasteiger partial charge in [0.15, 0.2) is 6.04 Å². The Balaban J connectivity index is 3.91. The smallest absolute Gasteiger partial charge is 0.472 e. The Labute approximate surface area is 413 Å². The minimum Gasteiger partial charge on any atom is -0.480 e. The molecule has 4 N–H and O–H groups in total. The summed E-state index contributed by atoms with van der Waals surface area (Å²) in [6.45, 7) is 2.52. The molecule has 0 aliphatic heterocycles. The lowest BCUT2D eigenvalue weighted by Crippen LogP contribution is -2.43. The molecule has 0 aromatic carbocycles. The summed E-state index contributed by atoms with van der Waals surface area (Å²) in [5.41, 5.74) is 0. The average molecular weight is 972 g/mol. The molecule has 3 unspecified atom stereocenters. The second-order valence-electron chi connectivity index (χ2n) is 17.4. The minimum atomic E-state index is -4.78. The van der Waals surface area contributed by atoms with Gasteiger partial charge in [-0.05, 0) is 103 Å². The summed E-state index contributed by atoms with van der Waals surface area (Å²) in [5.74, 6) is -2.42. The molecule has 0 saturated carbocycles. The van der Waals surface area contributed by atoms with Crippen LogP contribution in [0.25, 0.3) is 0 Å². The fourth-order valence-electron chi connectivity index (χ4n) is 6.75. The maximum absolute atomic E-state index is 12.4. The predicted molar refractivity (Wildman–Crippen MR) is 281 cm³/mol. The van der Waals surface area contributed by atoms with Crippen molar-refractivity contribution in [1.29, 1.82) is 0 Å². The highest BCUT2D eigenvalue weighted by Crippen LogP contribution is 2.43. The summed E-state index contributed by atoms with van der Waals surface area (Å²) in [5, 5.41) is 21.9. The number of carbonyl (C=O) groups excluding carboxylic acids is 2. The van der Waals surface area contributed by atoms with Gasteiger partial charge in [0.1, 0.15) is 12.7 Å². The van der Waals surface area contributed by atoms with Crippen molar-refractivity contribution in [3.63, 3.8) is 0 Å². The number of ether oxygens (including phenoxy) is 1. The number of aliphatic hydroxyl groups is 1. The van der Waals surface area contributed by atoms with Crippen LogP contribution in [0.2, 0.25) is 0 Å². The molecule has 0 fully saturated rings. The molecular weight excluding hydrogens is 878 g/mol. The second kappa shape index (κ2) is 49.8. The molecule has 0 aliphatic carbocycles. The van der Waals surface area contributed by atoms with Crippen molar-refractivity contribution in [2.24, 2.45) is 0 Å². The lowest BCUT2D eigenvalue weighted by atomic mass is 10.1. The number of aliphatic carboxylic acids is 1. The summed E-state index contributed by atoms with van der Waals surface area (Å²) in [6.07, 6.45) is 64.2. The molecule has 388 valence electrons. The number of allylic oxidation sites excluding steroid dienone is 16. The summed E-state index contributed by atoms with van der Waals surface area (Å²) in [7, 11) is -4.78. The van der Waals surface area contributed by atoms with Gasteiger partial charge in [0, 0.05) is 12.8 Å². The normalized spacial score (nSPS) is 14.3. The molecule has 0 aliphatic rings. The van der Waals surface area contributed by atoms with E-state index in [9.17, 15) is 34.1 Å². The molecule has 0 aromatic rings. The highest BCUT2D eigenvalue weighted by Gasteiger charge is 2.28. The van der Waals surface area contributed by atoms with Crippen LogP contribution >= 0.6 is 7.82 Å². The molecule has 0 saturated heterocycles. The van der Waals surface area contributed by atoms with Crippen LogP contribution in [0.3, 0.4) is 0 Å². The third-order valence-corrected chi connectivity index (χ3v) is 11.8. The largest absolute Gasteiger partial charge is 0.480 e. The fourth-order valence-corrected chi connectivity index (χ4v) is 7.52. The number of esters is 1. The van der Waals surface area contributed by atoms with E-state index in [1.807, 2.05) is 0 Å². The number of carbonyl (C=O) groups is 3. The maximum atomic E-state index is 12.4. The number of unbranched alkanes of at least 4 members (excludes halogenated alkanes) is 18. The van der Waals surface area contributed by atoms with Crippen LogP contribution in [0, 0.1) is 0 Å². The zero-order valence-corrected chi connectivity index (χ0v) is 43.3. The number of amides is 1. The van der Waals surface area contributed by atoms with Gasteiger partial charge in [-0.3, -0.25) is 18.6 Å². The monoisotopic (exact) mass is 972 g/mol. The Morgan fingerprint density at radius 2 is 0.809 bits per heavy atom. The summed E-state index contributed by atoms with van der Waals surface area (Å²) < 4.78 is 27.0. The average Bonchev–Trinajstić information content (AvgIpc) is 3.32. The Hall–Kier alpha value is -3.60. The third kappa shape index (κ3) is 48.8. The molecule has 12 heteroatoms. The van der Waals surface area contributed by atoms with Gasteiger partial charge in [-0.2, -0.15) is 0 Å². The number of phosphoric acid groups is 1. The van der Waals surface area contributed by atoms with E-state index >= 15 is 0 Å². The first-order valence-corrected chi connectivity index (χ1v) is 27.8. The van der Waals surface area contributed by atoms with E-state index in [-0.39, 0.29) is 12.8 Å². The van der Waals surface area contributed by atoms with Crippen LogP contribution in [0.15, 0.2) is 97.2 Å². The van der Waals surface area contributed by atoms with Crippen LogP contribution in [-0.4, -0.2) is 64.9 Å². The van der Waals surface area contributed by atoms with E-state index in [0.29, 0.717) is 12.8 Å². The minimum absolute atomic E-state index is 0.126. The molecule has 68 heavy (non-hydrogen) atoms. The molecule has 1 amide bonds. The van der Waals surface area contributed by atoms with Crippen LogP contribution in [0.1, 0.15) is 206 Å². The Morgan fingerprint density at radius 1 is 0.471 bits per heavy atom. The van der Waals surface area contributed by atoms with Crippen molar-refractivity contribution >= 4 is 25.7 Å². The van der Waals surface area contributed by atoms with Crippen LogP contribution in [0.4, 0.5) is 0 Å². The van der Waals surface area contributed by atoms with Gasteiger partial charge in [-0.15, -0.1) is 0 Å². The zero-order valence-electron chi connectivity index (χ0n) is 42.4. The van der Waals surface area contributed by atoms with Crippen LogP contribution < -0.4 is 5.32 Å². The Bertz CT molecular complexity index is 1510. The van der Waals surface area contributed by atoms with E-state index < -0.39 is 57.6 Å². The molecule has 0 heterocycles. The van der Waals surface area contributed by atoms with E-state index in [2.05, 4.69) is 116 Å². The molecule has 11 nitrogen and oxygen atoms in total.